The second kappa shape index (κ2) is 15.2. The summed E-state index contributed by atoms with van der Waals surface area (Å²) in [6, 6.07) is 8.29. The van der Waals surface area contributed by atoms with E-state index in [1.807, 2.05) is 19.9 Å². The van der Waals surface area contributed by atoms with Crippen molar-refractivity contribution in [2.75, 3.05) is 32.9 Å². The molecule has 1 aromatic carbocycles. The van der Waals surface area contributed by atoms with E-state index in [0.717, 1.165) is 49.3 Å². The fourth-order valence-corrected chi connectivity index (χ4v) is 3.26. The molecule has 0 aliphatic rings. The number of aliphatic hydroxyl groups is 1. The van der Waals surface area contributed by atoms with Gasteiger partial charge in [0.05, 0.1) is 32.0 Å². The Labute approximate surface area is 177 Å². The molecule has 0 saturated heterocycles. The highest BCUT2D eigenvalue weighted by Gasteiger charge is 2.24. The summed E-state index contributed by atoms with van der Waals surface area (Å²) in [5.74, 6) is 0.733. The molecule has 3 N–H and O–H groups in total. The highest BCUT2D eigenvalue weighted by atomic mass is 16.5. The predicted octanol–water partition coefficient (Wildman–Crippen LogP) is 3.63. The minimum atomic E-state index is -0.682. The molecule has 166 valence electrons. The molecule has 0 aromatic heterocycles. The second-order valence-corrected chi connectivity index (χ2v) is 7.34. The van der Waals surface area contributed by atoms with Gasteiger partial charge in [0.2, 0.25) is 0 Å². The Bertz CT molecular complexity index is 572. The SMILES string of the molecule is CCCC(O)(CCC)CNC(=NCc1cccc(COCCOCC)c1)NCC. The Morgan fingerprint density at radius 2 is 1.69 bits per heavy atom. The minimum absolute atomic E-state index is 0.508. The van der Waals surface area contributed by atoms with Crippen molar-refractivity contribution in [3.8, 4) is 0 Å². The molecule has 0 aliphatic carbocycles. The monoisotopic (exact) mass is 407 g/mol. The Morgan fingerprint density at radius 3 is 2.34 bits per heavy atom. The summed E-state index contributed by atoms with van der Waals surface area (Å²) < 4.78 is 10.9. The van der Waals surface area contributed by atoms with Gasteiger partial charge in [0, 0.05) is 19.7 Å². The van der Waals surface area contributed by atoms with Crippen molar-refractivity contribution < 1.29 is 14.6 Å². The number of aliphatic imine (C=N–C) groups is 1. The maximum atomic E-state index is 10.8. The Hall–Kier alpha value is -1.63. The largest absolute Gasteiger partial charge is 0.388 e. The molecule has 1 rings (SSSR count). The number of guanidine groups is 1. The zero-order valence-electron chi connectivity index (χ0n) is 18.8. The molecule has 6 nitrogen and oxygen atoms in total. The summed E-state index contributed by atoms with van der Waals surface area (Å²) in [7, 11) is 0. The van der Waals surface area contributed by atoms with E-state index in [1.165, 1.54) is 0 Å². The topological polar surface area (TPSA) is 75.1 Å². The maximum Gasteiger partial charge on any atom is 0.191 e. The third-order valence-electron chi connectivity index (χ3n) is 4.62. The molecule has 0 fully saturated rings. The highest BCUT2D eigenvalue weighted by Crippen LogP contribution is 2.18. The first kappa shape index (κ1) is 25.4. The van der Waals surface area contributed by atoms with Crippen LogP contribution in [0.15, 0.2) is 29.3 Å². The molecular weight excluding hydrogens is 366 g/mol. The molecule has 0 bridgehead atoms. The van der Waals surface area contributed by atoms with Gasteiger partial charge in [-0.15, -0.1) is 0 Å². The standard InChI is InChI=1S/C23H41N3O3/c1-5-12-23(27,13-6-2)19-26-22(24-7-3)25-17-20-10-9-11-21(16-20)18-29-15-14-28-8-4/h9-11,16,27H,5-8,12-15,17-19H2,1-4H3,(H2,24,25,26). The third kappa shape index (κ3) is 11.2. The van der Waals surface area contributed by atoms with E-state index in [4.69, 9.17) is 14.5 Å². The van der Waals surface area contributed by atoms with E-state index >= 15 is 0 Å². The number of ether oxygens (including phenoxy) is 2. The quantitative estimate of drug-likeness (QED) is 0.235. The summed E-state index contributed by atoms with van der Waals surface area (Å²) in [5, 5.41) is 17.4. The van der Waals surface area contributed by atoms with E-state index in [0.29, 0.717) is 39.5 Å². The average molecular weight is 408 g/mol. The Balaban J connectivity index is 2.62. The number of hydrogen-bond donors (Lipinski definition) is 3. The minimum Gasteiger partial charge on any atom is -0.388 e. The molecule has 0 unspecified atom stereocenters. The van der Waals surface area contributed by atoms with Crippen molar-refractivity contribution >= 4 is 5.96 Å². The summed E-state index contributed by atoms with van der Waals surface area (Å²) in [4.78, 5) is 4.69. The van der Waals surface area contributed by atoms with Crippen LogP contribution in [-0.4, -0.2) is 49.6 Å². The van der Waals surface area contributed by atoms with E-state index in [1.54, 1.807) is 0 Å². The lowest BCUT2D eigenvalue weighted by Crippen LogP contribution is -2.47. The van der Waals surface area contributed by atoms with Gasteiger partial charge in [-0.05, 0) is 37.8 Å². The van der Waals surface area contributed by atoms with Crippen molar-refractivity contribution in [3.63, 3.8) is 0 Å². The van der Waals surface area contributed by atoms with Crippen LogP contribution in [0, 0.1) is 0 Å². The summed E-state index contributed by atoms with van der Waals surface area (Å²) >= 11 is 0. The molecule has 0 heterocycles. The van der Waals surface area contributed by atoms with E-state index < -0.39 is 5.60 Å². The summed E-state index contributed by atoms with van der Waals surface area (Å²) in [6.45, 7) is 12.6. The smallest absolute Gasteiger partial charge is 0.191 e. The zero-order chi connectivity index (χ0) is 21.4. The van der Waals surface area contributed by atoms with Gasteiger partial charge in [-0.2, -0.15) is 0 Å². The molecule has 0 atom stereocenters. The number of hydrogen-bond acceptors (Lipinski definition) is 4. The Morgan fingerprint density at radius 1 is 1.00 bits per heavy atom. The van der Waals surface area contributed by atoms with Crippen LogP contribution in [0.4, 0.5) is 0 Å². The van der Waals surface area contributed by atoms with Crippen LogP contribution in [0.1, 0.15) is 64.5 Å². The predicted molar refractivity (Wildman–Crippen MR) is 120 cm³/mol. The van der Waals surface area contributed by atoms with Crippen LogP contribution < -0.4 is 10.6 Å². The second-order valence-electron chi connectivity index (χ2n) is 7.34. The average Bonchev–Trinajstić information content (AvgIpc) is 2.71. The van der Waals surface area contributed by atoms with Crippen molar-refractivity contribution in [3.05, 3.63) is 35.4 Å². The lowest BCUT2D eigenvalue weighted by atomic mass is 9.93. The summed E-state index contributed by atoms with van der Waals surface area (Å²) in [5.41, 5.74) is 1.58. The lowest BCUT2D eigenvalue weighted by Gasteiger charge is -2.28. The van der Waals surface area contributed by atoms with Crippen molar-refractivity contribution in [1.82, 2.24) is 10.6 Å². The first-order valence-electron chi connectivity index (χ1n) is 11.0. The van der Waals surface area contributed by atoms with Gasteiger partial charge < -0.3 is 25.2 Å². The third-order valence-corrected chi connectivity index (χ3v) is 4.62. The molecule has 6 heteroatoms. The fraction of sp³-hybridized carbons (Fsp3) is 0.696. The van der Waals surface area contributed by atoms with Gasteiger partial charge in [0.1, 0.15) is 0 Å². The molecule has 0 spiro atoms. The van der Waals surface area contributed by atoms with Crippen LogP contribution in [-0.2, 0) is 22.6 Å². The van der Waals surface area contributed by atoms with Crippen molar-refractivity contribution in [2.45, 2.75) is 72.1 Å². The molecule has 0 radical (unpaired) electrons. The van der Waals surface area contributed by atoms with Crippen LogP contribution in [0.5, 0.6) is 0 Å². The number of rotatable bonds is 15. The summed E-state index contributed by atoms with van der Waals surface area (Å²) in [6.07, 6.45) is 3.51. The molecular formula is C23H41N3O3. The first-order valence-corrected chi connectivity index (χ1v) is 11.0. The van der Waals surface area contributed by atoms with E-state index in [-0.39, 0.29) is 0 Å². The first-order chi connectivity index (χ1) is 14.1. The molecule has 0 aliphatic heterocycles. The normalized spacial score (nSPS) is 12.2. The van der Waals surface area contributed by atoms with Crippen LogP contribution >= 0.6 is 0 Å². The fourth-order valence-electron chi connectivity index (χ4n) is 3.26. The van der Waals surface area contributed by atoms with Crippen LogP contribution in [0.3, 0.4) is 0 Å². The van der Waals surface area contributed by atoms with Gasteiger partial charge in [0.15, 0.2) is 5.96 Å². The molecule has 0 saturated carbocycles. The Kier molecular flexibility index (Phi) is 13.4. The highest BCUT2D eigenvalue weighted by molar-refractivity contribution is 5.79. The lowest BCUT2D eigenvalue weighted by molar-refractivity contribution is 0.0257. The van der Waals surface area contributed by atoms with Gasteiger partial charge >= 0.3 is 0 Å². The van der Waals surface area contributed by atoms with Gasteiger partial charge in [0.25, 0.3) is 0 Å². The molecule has 29 heavy (non-hydrogen) atoms. The van der Waals surface area contributed by atoms with E-state index in [2.05, 4.69) is 42.7 Å². The molecule has 0 amide bonds. The zero-order valence-corrected chi connectivity index (χ0v) is 18.8. The van der Waals surface area contributed by atoms with E-state index in [9.17, 15) is 5.11 Å². The number of benzene rings is 1. The van der Waals surface area contributed by atoms with Crippen LogP contribution in [0.2, 0.25) is 0 Å². The number of nitrogens with one attached hydrogen (secondary N) is 2. The van der Waals surface area contributed by atoms with Crippen molar-refractivity contribution in [1.29, 1.82) is 0 Å². The maximum absolute atomic E-state index is 10.8. The van der Waals surface area contributed by atoms with Gasteiger partial charge in [-0.25, -0.2) is 4.99 Å². The van der Waals surface area contributed by atoms with Crippen molar-refractivity contribution in [2.24, 2.45) is 4.99 Å². The van der Waals surface area contributed by atoms with Gasteiger partial charge in [-0.1, -0.05) is 51.0 Å². The van der Waals surface area contributed by atoms with Gasteiger partial charge in [-0.3, -0.25) is 0 Å². The number of nitrogens with zero attached hydrogens (tertiary/aromatic N) is 1. The van der Waals surface area contributed by atoms with Crippen LogP contribution in [0.25, 0.3) is 0 Å². The molecule has 1 aromatic rings.